The van der Waals surface area contributed by atoms with E-state index in [1.807, 2.05) is 0 Å². The van der Waals surface area contributed by atoms with E-state index >= 15 is 0 Å². The second-order valence-corrected chi connectivity index (χ2v) is 6.59. The molecule has 1 saturated carbocycles. The largest absolute Gasteiger partial charge is 0.480 e. The summed E-state index contributed by atoms with van der Waals surface area (Å²) in [5.41, 5.74) is 0.499. The van der Waals surface area contributed by atoms with Gasteiger partial charge < -0.3 is 15.2 Å². The zero-order valence-electron chi connectivity index (χ0n) is 12.7. The summed E-state index contributed by atoms with van der Waals surface area (Å²) in [7, 11) is 0. The van der Waals surface area contributed by atoms with Crippen LogP contribution >= 0.6 is 0 Å². The molecule has 1 spiro atoms. The first kappa shape index (κ1) is 15.8. The van der Waals surface area contributed by atoms with Crippen molar-refractivity contribution in [2.75, 3.05) is 13.2 Å². The number of aliphatic carboxylic acids is 1. The molecule has 1 aliphatic heterocycles. The summed E-state index contributed by atoms with van der Waals surface area (Å²) in [4.78, 5) is 11.3. The number of nitrogens with one attached hydrogen (secondary N) is 1. The minimum atomic E-state index is -0.690. The lowest BCUT2D eigenvalue weighted by Gasteiger charge is -2.43. The average Bonchev–Trinajstić information content (AvgIpc) is 2.46. The van der Waals surface area contributed by atoms with Gasteiger partial charge in [0, 0.05) is 19.3 Å². The number of carbonyl (C=O) groups is 1. The molecular weight excluding hydrogens is 254 g/mol. The first-order chi connectivity index (χ1) is 9.65. The molecule has 2 aliphatic rings. The van der Waals surface area contributed by atoms with E-state index in [-0.39, 0.29) is 6.04 Å². The van der Waals surface area contributed by atoms with Crippen LogP contribution in [0.5, 0.6) is 0 Å². The predicted molar refractivity (Wildman–Crippen MR) is 78.8 cm³/mol. The number of unbranched alkanes of at least 4 members (excludes halogenated alkanes) is 1. The summed E-state index contributed by atoms with van der Waals surface area (Å²) in [6, 6.07) is 0.0325. The minimum Gasteiger partial charge on any atom is -0.480 e. The molecule has 1 atom stereocenters. The van der Waals surface area contributed by atoms with Crippen LogP contribution in [0.1, 0.15) is 64.7 Å². The van der Waals surface area contributed by atoms with Crippen molar-refractivity contribution in [3.8, 4) is 0 Å². The first-order valence-electron chi connectivity index (χ1n) is 8.22. The van der Waals surface area contributed by atoms with Gasteiger partial charge in [0.1, 0.15) is 6.04 Å². The molecule has 0 aromatic rings. The normalized spacial score (nSPS) is 24.6. The molecule has 0 bridgehead atoms. The van der Waals surface area contributed by atoms with Gasteiger partial charge in [0.2, 0.25) is 0 Å². The zero-order valence-corrected chi connectivity index (χ0v) is 12.7. The van der Waals surface area contributed by atoms with Crippen molar-refractivity contribution in [1.29, 1.82) is 0 Å². The third-order valence-corrected chi connectivity index (χ3v) is 5.18. The number of carboxylic acids is 1. The highest BCUT2D eigenvalue weighted by Crippen LogP contribution is 2.44. The fourth-order valence-electron chi connectivity index (χ4n) is 3.67. The van der Waals surface area contributed by atoms with Crippen LogP contribution < -0.4 is 5.32 Å². The molecule has 2 rings (SSSR count). The van der Waals surface area contributed by atoms with E-state index in [2.05, 4.69) is 12.2 Å². The smallest absolute Gasteiger partial charge is 0.320 e. The van der Waals surface area contributed by atoms with Crippen molar-refractivity contribution in [1.82, 2.24) is 5.32 Å². The molecule has 0 radical (unpaired) electrons. The average molecular weight is 283 g/mol. The molecule has 1 saturated heterocycles. The lowest BCUT2D eigenvalue weighted by molar-refractivity contribution is -0.140. The summed E-state index contributed by atoms with van der Waals surface area (Å²) >= 11 is 0. The van der Waals surface area contributed by atoms with Crippen LogP contribution in [0.3, 0.4) is 0 Å². The van der Waals surface area contributed by atoms with Crippen molar-refractivity contribution in [2.24, 2.45) is 5.41 Å². The number of carboxylic acid groups (broad SMARTS) is 1. The summed E-state index contributed by atoms with van der Waals surface area (Å²) in [5, 5.41) is 12.7. The summed E-state index contributed by atoms with van der Waals surface area (Å²) in [6.45, 7) is 3.92. The molecule has 4 nitrogen and oxygen atoms in total. The highest BCUT2D eigenvalue weighted by atomic mass is 16.5. The maximum atomic E-state index is 11.3. The van der Waals surface area contributed by atoms with Gasteiger partial charge in [-0.3, -0.25) is 4.79 Å². The van der Waals surface area contributed by atoms with Gasteiger partial charge in [0.25, 0.3) is 0 Å². The Morgan fingerprint density at radius 1 is 1.30 bits per heavy atom. The third kappa shape index (κ3) is 4.19. The van der Waals surface area contributed by atoms with Gasteiger partial charge in [-0.25, -0.2) is 0 Å². The van der Waals surface area contributed by atoms with Crippen molar-refractivity contribution in [2.45, 2.75) is 76.8 Å². The van der Waals surface area contributed by atoms with Crippen LogP contribution in [0, 0.1) is 5.41 Å². The molecular formula is C16H29NO3. The summed E-state index contributed by atoms with van der Waals surface area (Å²) < 4.78 is 5.47. The standard InChI is InChI=1S/C16H29NO3/c1-2-3-4-14(15(18)19)17-13-5-7-16(8-6-13)9-11-20-12-10-16/h13-14,17H,2-12H2,1H3,(H,18,19)/t14-/m0/s1. The molecule has 116 valence electrons. The van der Waals surface area contributed by atoms with E-state index in [4.69, 9.17) is 4.74 Å². The van der Waals surface area contributed by atoms with E-state index in [0.717, 1.165) is 45.3 Å². The van der Waals surface area contributed by atoms with Crippen molar-refractivity contribution < 1.29 is 14.6 Å². The zero-order chi connectivity index (χ0) is 14.4. The Bertz CT molecular complexity index is 303. The maximum absolute atomic E-state index is 11.3. The highest BCUT2D eigenvalue weighted by molar-refractivity contribution is 5.73. The second kappa shape index (κ2) is 7.41. The summed E-state index contributed by atoms with van der Waals surface area (Å²) in [6.07, 6.45) is 9.88. The van der Waals surface area contributed by atoms with Crippen LogP contribution in [0.4, 0.5) is 0 Å². The molecule has 1 heterocycles. The third-order valence-electron chi connectivity index (χ3n) is 5.18. The molecule has 0 amide bonds. The Hall–Kier alpha value is -0.610. The monoisotopic (exact) mass is 283 g/mol. The summed E-state index contributed by atoms with van der Waals surface area (Å²) in [5.74, 6) is -0.690. The topological polar surface area (TPSA) is 58.6 Å². The maximum Gasteiger partial charge on any atom is 0.320 e. The molecule has 2 N–H and O–H groups in total. The van der Waals surface area contributed by atoms with Crippen LogP contribution in [0.25, 0.3) is 0 Å². The Morgan fingerprint density at radius 3 is 2.50 bits per heavy atom. The molecule has 2 fully saturated rings. The van der Waals surface area contributed by atoms with E-state index in [9.17, 15) is 9.90 Å². The van der Waals surface area contributed by atoms with E-state index in [1.54, 1.807) is 0 Å². The van der Waals surface area contributed by atoms with Gasteiger partial charge in [0.15, 0.2) is 0 Å². The number of rotatable bonds is 6. The second-order valence-electron chi connectivity index (χ2n) is 6.59. The SMILES string of the molecule is CCCC[C@H](NC1CCC2(CCOCC2)CC1)C(=O)O. The molecule has 20 heavy (non-hydrogen) atoms. The van der Waals surface area contributed by atoms with Crippen molar-refractivity contribution in [3.05, 3.63) is 0 Å². The Balaban J connectivity index is 1.78. The fourth-order valence-corrected chi connectivity index (χ4v) is 3.67. The Labute approximate surface area is 122 Å². The van der Waals surface area contributed by atoms with Gasteiger partial charge >= 0.3 is 5.97 Å². The molecule has 4 heteroatoms. The molecule has 0 unspecified atom stereocenters. The molecule has 1 aliphatic carbocycles. The highest BCUT2D eigenvalue weighted by Gasteiger charge is 2.37. The molecule has 0 aromatic heterocycles. The van der Waals surface area contributed by atoms with Crippen LogP contribution in [-0.4, -0.2) is 36.4 Å². The van der Waals surface area contributed by atoms with Gasteiger partial charge in [-0.15, -0.1) is 0 Å². The van der Waals surface area contributed by atoms with E-state index in [1.165, 1.54) is 25.7 Å². The van der Waals surface area contributed by atoms with Crippen LogP contribution in [0.2, 0.25) is 0 Å². The number of hydrogen-bond acceptors (Lipinski definition) is 3. The first-order valence-corrected chi connectivity index (χ1v) is 8.22. The Morgan fingerprint density at radius 2 is 1.95 bits per heavy atom. The van der Waals surface area contributed by atoms with Crippen LogP contribution in [-0.2, 0) is 9.53 Å². The van der Waals surface area contributed by atoms with Gasteiger partial charge in [-0.2, -0.15) is 0 Å². The van der Waals surface area contributed by atoms with Crippen molar-refractivity contribution >= 4 is 5.97 Å². The number of hydrogen-bond donors (Lipinski definition) is 2. The fraction of sp³-hybridized carbons (Fsp3) is 0.938. The number of ether oxygens (including phenoxy) is 1. The Kier molecular flexibility index (Phi) is 5.85. The predicted octanol–water partition coefficient (Wildman–Crippen LogP) is 2.96. The minimum absolute atomic E-state index is 0.358. The molecule has 0 aromatic carbocycles. The van der Waals surface area contributed by atoms with Gasteiger partial charge in [0.05, 0.1) is 0 Å². The lowest BCUT2D eigenvalue weighted by atomic mass is 9.68. The van der Waals surface area contributed by atoms with E-state index in [0.29, 0.717) is 11.5 Å². The van der Waals surface area contributed by atoms with Crippen LogP contribution in [0.15, 0.2) is 0 Å². The van der Waals surface area contributed by atoms with Gasteiger partial charge in [-0.05, 0) is 50.4 Å². The van der Waals surface area contributed by atoms with Crippen molar-refractivity contribution in [3.63, 3.8) is 0 Å². The van der Waals surface area contributed by atoms with Gasteiger partial charge in [-0.1, -0.05) is 19.8 Å². The lowest BCUT2D eigenvalue weighted by Crippen LogP contribution is -2.47. The van der Waals surface area contributed by atoms with E-state index < -0.39 is 5.97 Å². The quantitative estimate of drug-likeness (QED) is 0.787.